The maximum Gasteiger partial charge on any atom is 0.272 e. The maximum atomic E-state index is 13.6. The van der Waals surface area contributed by atoms with E-state index < -0.39 is 0 Å². The molecule has 0 radical (unpaired) electrons. The molecule has 0 aliphatic carbocycles. The summed E-state index contributed by atoms with van der Waals surface area (Å²) in [4.78, 5) is 22.6. The van der Waals surface area contributed by atoms with Gasteiger partial charge in [-0.25, -0.2) is 14.4 Å². The van der Waals surface area contributed by atoms with Crippen molar-refractivity contribution in [1.82, 2.24) is 14.9 Å². The molecule has 1 amide bonds. The average Bonchev–Trinajstić information content (AvgIpc) is 2.54. The van der Waals surface area contributed by atoms with Gasteiger partial charge in [-0.2, -0.15) is 0 Å². The smallest absolute Gasteiger partial charge is 0.272 e. The summed E-state index contributed by atoms with van der Waals surface area (Å²) >= 11 is 0. The first kappa shape index (κ1) is 16.9. The molecule has 0 saturated heterocycles. The van der Waals surface area contributed by atoms with Gasteiger partial charge in [-0.3, -0.25) is 4.79 Å². The van der Waals surface area contributed by atoms with E-state index in [0.717, 1.165) is 0 Å². The number of nitrogens with one attached hydrogen (secondary N) is 1. The summed E-state index contributed by atoms with van der Waals surface area (Å²) in [6, 6.07) is 8.17. The predicted molar refractivity (Wildman–Crippen MR) is 87.7 cm³/mol. The highest BCUT2D eigenvalue weighted by Gasteiger charge is 2.16. The van der Waals surface area contributed by atoms with E-state index in [4.69, 9.17) is 0 Å². The van der Waals surface area contributed by atoms with Crippen LogP contribution in [0, 0.1) is 12.7 Å². The lowest BCUT2D eigenvalue weighted by molar-refractivity contribution is 0.0767. The van der Waals surface area contributed by atoms with E-state index >= 15 is 0 Å². The van der Waals surface area contributed by atoms with Crippen molar-refractivity contribution in [2.24, 2.45) is 0 Å². The molecule has 23 heavy (non-hydrogen) atoms. The lowest BCUT2D eigenvalue weighted by atomic mass is 10.2. The minimum absolute atomic E-state index is 0.130. The predicted octanol–water partition coefficient (Wildman–Crippen LogP) is 3.02. The van der Waals surface area contributed by atoms with Crippen LogP contribution in [0.15, 0.2) is 30.3 Å². The van der Waals surface area contributed by atoms with Crippen LogP contribution in [-0.4, -0.2) is 33.9 Å². The number of benzene rings is 1. The molecule has 5 nitrogen and oxygen atoms in total. The van der Waals surface area contributed by atoms with Crippen LogP contribution in [0.2, 0.25) is 0 Å². The van der Waals surface area contributed by atoms with Gasteiger partial charge in [-0.1, -0.05) is 18.2 Å². The summed E-state index contributed by atoms with van der Waals surface area (Å²) in [6.45, 7) is 7.15. The van der Waals surface area contributed by atoms with Crippen LogP contribution in [0.4, 0.5) is 10.3 Å². The quantitative estimate of drug-likeness (QED) is 0.890. The van der Waals surface area contributed by atoms with Crippen LogP contribution in [0.1, 0.15) is 35.6 Å². The second-order valence-corrected chi connectivity index (χ2v) is 5.14. The van der Waals surface area contributed by atoms with E-state index in [1.54, 1.807) is 36.1 Å². The number of carbonyl (C=O) groups is 1. The fraction of sp³-hybridized carbons (Fsp3) is 0.353. The molecular formula is C17H21FN4O. The van der Waals surface area contributed by atoms with Gasteiger partial charge in [0.05, 0.1) is 0 Å². The highest BCUT2D eigenvalue weighted by atomic mass is 19.1. The Morgan fingerprint density at radius 1 is 1.22 bits per heavy atom. The molecule has 1 heterocycles. The highest BCUT2D eigenvalue weighted by molar-refractivity contribution is 5.92. The number of anilines is 1. The topological polar surface area (TPSA) is 58.1 Å². The molecule has 0 spiro atoms. The van der Waals surface area contributed by atoms with Gasteiger partial charge in [0.25, 0.3) is 5.91 Å². The summed E-state index contributed by atoms with van der Waals surface area (Å²) in [5.74, 6) is -0.0923. The third-order valence-electron chi connectivity index (χ3n) is 3.52. The number of aryl methyl sites for hydroxylation is 1. The first-order chi connectivity index (χ1) is 11.0. The van der Waals surface area contributed by atoms with Crippen molar-refractivity contribution >= 4 is 11.9 Å². The zero-order valence-corrected chi connectivity index (χ0v) is 13.6. The van der Waals surface area contributed by atoms with Gasteiger partial charge in [-0.15, -0.1) is 0 Å². The molecule has 1 aromatic heterocycles. The van der Waals surface area contributed by atoms with Crippen LogP contribution in [0.25, 0.3) is 0 Å². The largest absolute Gasteiger partial charge is 0.350 e. The average molecular weight is 316 g/mol. The standard InChI is InChI=1S/C17H21FN4O/c1-4-22(5-2)16(23)15-10-12(3)20-17(21-15)19-11-13-8-6-7-9-14(13)18/h6-10H,4-5,11H2,1-3H3,(H,19,20,21). The maximum absolute atomic E-state index is 13.6. The van der Waals surface area contributed by atoms with Crippen LogP contribution in [0.3, 0.4) is 0 Å². The summed E-state index contributed by atoms with van der Waals surface area (Å²) in [7, 11) is 0. The molecule has 0 bridgehead atoms. The minimum Gasteiger partial charge on any atom is -0.350 e. The first-order valence-corrected chi connectivity index (χ1v) is 7.67. The van der Waals surface area contributed by atoms with Crippen molar-refractivity contribution in [3.8, 4) is 0 Å². The Morgan fingerprint density at radius 2 is 1.91 bits per heavy atom. The second-order valence-electron chi connectivity index (χ2n) is 5.14. The second kappa shape index (κ2) is 7.67. The van der Waals surface area contributed by atoms with Crippen molar-refractivity contribution < 1.29 is 9.18 Å². The zero-order valence-electron chi connectivity index (χ0n) is 13.6. The van der Waals surface area contributed by atoms with E-state index in [0.29, 0.717) is 36.0 Å². The highest BCUT2D eigenvalue weighted by Crippen LogP contribution is 2.11. The molecule has 0 aliphatic rings. The van der Waals surface area contributed by atoms with Gasteiger partial charge < -0.3 is 10.2 Å². The van der Waals surface area contributed by atoms with Crippen LogP contribution < -0.4 is 5.32 Å². The Kier molecular flexibility index (Phi) is 5.62. The molecule has 0 atom stereocenters. The fourth-order valence-corrected chi connectivity index (χ4v) is 2.25. The van der Waals surface area contributed by atoms with Crippen LogP contribution in [0.5, 0.6) is 0 Å². The van der Waals surface area contributed by atoms with Crippen molar-refractivity contribution in [1.29, 1.82) is 0 Å². The Morgan fingerprint density at radius 3 is 2.57 bits per heavy atom. The van der Waals surface area contributed by atoms with Crippen molar-refractivity contribution in [3.05, 3.63) is 53.1 Å². The van der Waals surface area contributed by atoms with E-state index in [9.17, 15) is 9.18 Å². The number of aromatic nitrogens is 2. The van der Waals surface area contributed by atoms with Gasteiger partial charge >= 0.3 is 0 Å². The minimum atomic E-state index is -0.285. The zero-order chi connectivity index (χ0) is 16.8. The molecule has 122 valence electrons. The van der Waals surface area contributed by atoms with Gasteiger partial charge in [0.1, 0.15) is 11.5 Å². The molecule has 0 unspecified atom stereocenters. The normalized spacial score (nSPS) is 10.4. The third kappa shape index (κ3) is 4.25. The van der Waals surface area contributed by atoms with E-state index in [1.807, 2.05) is 13.8 Å². The third-order valence-corrected chi connectivity index (χ3v) is 3.52. The molecular weight excluding hydrogens is 295 g/mol. The lowest BCUT2D eigenvalue weighted by Crippen LogP contribution is -2.31. The van der Waals surface area contributed by atoms with Crippen LogP contribution in [-0.2, 0) is 6.54 Å². The molecule has 0 aliphatic heterocycles. The number of hydrogen-bond donors (Lipinski definition) is 1. The van der Waals surface area contributed by atoms with E-state index in [1.165, 1.54) is 6.07 Å². The fourth-order valence-electron chi connectivity index (χ4n) is 2.25. The molecule has 0 fully saturated rings. The Bertz CT molecular complexity index is 686. The Hall–Kier alpha value is -2.50. The molecule has 2 aromatic rings. The molecule has 0 saturated carbocycles. The first-order valence-electron chi connectivity index (χ1n) is 7.67. The van der Waals surface area contributed by atoms with Crippen molar-refractivity contribution in [3.63, 3.8) is 0 Å². The van der Waals surface area contributed by atoms with Crippen molar-refractivity contribution in [2.75, 3.05) is 18.4 Å². The van der Waals surface area contributed by atoms with Gasteiger partial charge in [-0.05, 0) is 32.9 Å². The Balaban J connectivity index is 2.17. The monoisotopic (exact) mass is 316 g/mol. The summed E-state index contributed by atoms with van der Waals surface area (Å²) in [5, 5.41) is 2.98. The number of hydrogen-bond acceptors (Lipinski definition) is 4. The molecule has 1 aromatic carbocycles. The number of amides is 1. The number of carbonyl (C=O) groups excluding carboxylic acids is 1. The number of halogens is 1. The molecule has 1 N–H and O–H groups in total. The summed E-state index contributed by atoms with van der Waals surface area (Å²) in [6.07, 6.45) is 0. The van der Waals surface area contributed by atoms with Gasteiger partial charge in [0.15, 0.2) is 0 Å². The van der Waals surface area contributed by atoms with Crippen molar-refractivity contribution in [2.45, 2.75) is 27.3 Å². The molecule has 6 heteroatoms. The Labute approximate surface area is 135 Å². The number of nitrogens with zero attached hydrogens (tertiary/aromatic N) is 3. The van der Waals surface area contributed by atoms with E-state index in [-0.39, 0.29) is 18.3 Å². The van der Waals surface area contributed by atoms with Gasteiger partial charge in [0, 0.05) is 30.9 Å². The molecule has 2 rings (SSSR count). The summed E-state index contributed by atoms with van der Waals surface area (Å²) in [5.41, 5.74) is 1.55. The summed E-state index contributed by atoms with van der Waals surface area (Å²) < 4.78 is 13.6. The number of rotatable bonds is 6. The van der Waals surface area contributed by atoms with Crippen LogP contribution >= 0.6 is 0 Å². The SMILES string of the molecule is CCN(CC)C(=O)c1cc(C)nc(NCc2ccccc2F)n1. The van der Waals surface area contributed by atoms with Gasteiger partial charge in [0.2, 0.25) is 5.95 Å². The van der Waals surface area contributed by atoms with E-state index in [2.05, 4.69) is 15.3 Å². The lowest BCUT2D eigenvalue weighted by Gasteiger charge is -2.18.